The third-order valence-electron chi connectivity index (χ3n) is 1.63. The van der Waals surface area contributed by atoms with Gasteiger partial charge in [-0.1, -0.05) is 12.1 Å². The van der Waals surface area contributed by atoms with Gasteiger partial charge >= 0.3 is 6.18 Å². The molecule has 0 saturated carbocycles. The van der Waals surface area contributed by atoms with E-state index in [-0.39, 0.29) is 5.69 Å². The van der Waals surface area contributed by atoms with Crippen LogP contribution in [0.2, 0.25) is 0 Å². The van der Waals surface area contributed by atoms with E-state index >= 15 is 0 Å². The van der Waals surface area contributed by atoms with Crippen molar-refractivity contribution in [3.8, 4) is 0 Å². The number of hydrogen-bond acceptors (Lipinski definition) is 2. The van der Waals surface area contributed by atoms with Crippen LogP contribution in [0.15, 0.2) is 36.5 Å². The van der Waals surface area contributed by atoms with E-state index in [1.807, 2.05) is 0 Å². The summed E-state index contributed by atoms with van der Waals surface area (Å²) in [5, 5.41) is 2.24. The molecule has 16 heavy (non-hydrogen) atoms. The lowest BCUT2D eigenvalue weighted by Crippen LogP contribution is -2.20. The van der Waals surface area contributed by atoms with Crippen LogP contribution in [0.4, 0.5) is 23.2 Å². The maximum absolute atomic E-state index is 12.9. The lowest BCUT2D eigenvalue weighted by molar-refractivity contribution is -0.165. The number of nitrogens with one attached hydrogen (secondary N) is 1. The highest BCUT2D eigenvalue weighted by Crippen LogP contribution is 2.17. The van der Waals surface area contributed by atoms with Crippen LogP contribution in [0.3, 0.4) is 0 Å². The summed E-state index contributed by atoms with van der Waals surface area (Å²) >= 11 is 0. The summed E-state index contributed by atoms with van der Waals surface area (Å²) in [6, 6.07) is 5.41. The van der Waals surface area contributed by atoms with Crippen molar-refractivity contribution in [2.75, 3.05) is 5.32 Å². The van der Waals surface area contributed by atoms with Gasteiger partial charge in [-0.3, -0.25) is 4.79 Å². The van der Waals surface area contributed by atoms with Gasteiger partial charge in [-0.05, 0) is 12.1 Å². The lowest BCUT2D eigenvalue weighted by Gasteiger charge is -2.02. The zero-order valence-electron chi connectivity index (χ0n) is 7.88. The van der Waals surface area contributed by atoms with Crippen molar-refractivity contribution < 1.29 is 22.4 Å². The van der Waals surface area contributed by atoms with Gasteiger partial charge in [0, 0.05) is 12.3 Å². The van der Waals surface area contributed by atoms with E-state index in [9.17, 15) is 22.4 Å². The van der Waals surface area contributed by atoms with Gasteiger partial charge in [0.25, 0.3) is 5.78 Å². The number of ketones is 1. The number of para-hydroxylation sites is 1. The van der Waals surface area contributed by atoms with Gasteiger partial charge in [0.1, 0.15) is 5.82 Å². The summed E-state index contributed by atoms with van der Waals surface area (Å²) in [6.07, 6.45) is -3.87. The highest BCUT2D eigenvalue weighted by molar-refractivity contribution is 5.94. The lowest BCUT2D eigenvalue weighted by atomic mass is 10.3. The van der Waals surface area contributed by atoms with E-state index in [0.717, 1.165) is 12.3 Å². The van der Waals surface area contributed by atoms with Gasteiger partial charge in [-0.2, -0.15) is 13.2 Å². The molecule has 0 aliphatic carbocycles. The zero-order valence-corrected chi connectivity index (χ0v) is 7.88. The molecule has 6 heteroatoms. The molecule has 1 rings (SSSR count). The molecule has 0 bridgehead atoms. The Labute approximate surface area is 88.6 Å². The quantitative estimate of drug-likeness (QED) is 0.642. The Balaban J connectivity index is 2.62. The smallest absolute Gasteiger partial charge is 0.359 e. The molecule has 0 heterocycles. The number of carbonyl (C=O) groups is 1. The number of hydrogen-bond donors (Lipinski definition) is 1. The molecule has 0 aliphatic heterocycles. The van der Waals surface area contributed by atoms with Crippen molar-refractivity contribution in [2.24, 2.45) is 0 Å². The average molecular weight is 233 g/mol. The van der Waals surface area contributed by atoms with Crippen molar-refractivity contribution in [2.45, 2.75) is 6.18 Å². The van der Waals surface area contributed by atoms with Crippen molar-refractivity contribution in [3.05, 3.63) is 42.4 Å². The highest BCUT2D eigenvalue weighted by atomic mass is 19.4. The Morgan fingerprint density at radius 1 is 1.25 bits per heavy atom. The summed E-state index contributed by atoms with van der Waals surface area (Å²) in [4.78, 5) is 10.4. The van der Waals surface area contributed by atoms with Gasteiger partial charge in [0.05, 0.1) is 5.69 Å². The van der Waals surface area contributed by atoms with E-state index in [4.69, 9.17) is 0 Å². The first-order valence-electron chi connectivity index (χ1n) is 4.20. The Morgan fingerprint density at radius 3 is 2.44 bits per heavy atom. The molecule has 0 radical (unpaired) electrons. The fourth-order valence-electron chi connectivity index (χ4n) is 0.880. The van der Waals surface area contributed by atoms with E-state index in [1.165, 1.54) is 18.2 Å². The fraction of sp³-hybridized carbons (Fsp3) is 0.100. The first kappa shape index (κ1) is 12.2. The maximum Gasteiger partial charge on any atom is 0.454 e. The molecule has 0 aromatic heterocycles. The van der Waals surface area contributed by atoms with E-state index in [2.05, 4.69) is 5.32 Å². The van der Waals surface area contributed by atoms with Crippen LogP contribution >= 0.6 is 0 Å². The molecular weight excluding hydrogens is 226 g/mol. The molecular formula is C10H7F4NO. The number of benzene rings is 1. The van der Waals surface area contributed by atoms with Crippen LogP contribution in [0.25, 0.3) is 0 Å². The number of allylic oxidation sites excluding steroid dienone is 1. The second kappa shape index (κ2) is 4.78. The van der Waals surface area contributed by atoms with E-state index in [1.54, 1.807) is 0 Å². The molecule has 0 unspecified atom stereocenters. The predicted octanol–water partition coefficient (Wildman–Crippen LogP) is 2.88. The summed E-state index contributed by atoms with van der Waals surface area (Å²) in [5.41, 5.74) is -0.00581. The largest absolute Gasteiger partial charge is 0.454 e. The second-order valence-electron chi connectivity index (χ2n) is 2.82. The summed E-state index contributed by atoms with van der Waals surface area (Å²) in [5.74, 6) is -2.62. The van der Waals surface area contributed by atoms with Crippen LogP contribution in [0, 0.1) is 5.82 Å². The number of halogens is 4. The Bertz CT molecular complexity index is 412. The van der Waals surface area contributed by atoms with Crippen LogP contribution < -0.4 is 5.32 Å². The zero-order chi connectivity index (χ0) is 12.2. The highest BCUT2D eigenvalue weighted by Gasteiger charge is 2.35. The minimum absolute atomic E-state index is 0.00581. The van der Waals surface area contributed by atoms with Gasteiger partial charge in [0.2, 0.25) is 0 Å². The minimum Gasteiger partial charge on any atom is -0.359 e. The first-order valence-corrected chi connectivity index (χ1v) is 4.20. The number of anilines is 1. The molecule has 0 atom stereocenters. The Hall–Kier alpha value is -1.85. The summed E-state index contributed by atoms with van der Waals surface area (Å²) in [7, 11) is 0. The van der Waals surface area contributed by atoms with Gasteiger partial charge in [0.15, 0.2) is 0 Å². The first-order chi connectivity index (χ1) is 7.41. The van der Waals surface area contributed by atoms with Crippen LogP contribution in [-0.2, 0) is 4.79 Å². The minimum atomic E-state index is -4.91. The molecule has 86 valence electrons. The monoisotopic (exact) mass is 233 g/mol. The number of rotatable bonds is 3. The molecule has 1 aromatic rings. The number of carbonyl (C=O) groups excluding carboxylic acids is 1. The number of alkyl halides is 3. The SMILES string of the molecule is O=C(/C=C/Nc1ccccc1F)C(F)(F)F. The van der Waals surface area contributed by atoms with Crippen LogP contribution in [0.5, 0.6) is 0 Å². The Morgan fingerprint density at radius 2 is 1.88 bits per heavy atom. The maximum atomic E-state index is 12.9. The fourth-order valence-corrected chi connectivity index (χ4v) is 0.880. The summed E-state index contributed by atoms with van der Waals surface area (Å²) < 4.78 is 48.2. The standard InChI is InChI=1S/C10H7F4NO/c11-7-3-1-2-4-8(7)15-6-5-9(16)10(12,13)14/h1-6,15H/b6-5+. The van der Waals surface area contributed by atoms with E-state index < -0.39 is 17.8 Å². The average Bonchev–Trinajstić information content (AvgIpc) is 2.19. The third-order valence-corrected chi connectivity index (χ3v) is 1.63. The molecule has 0 spiro atoms. The van der Waals surface area contributed by atoms with Crippen molar-refractivity contribution in [3.63, 3.8) is 0 Å². The topological polar surface area (TPSA) is 29.1 Å². The predicted molar refractivity (Wildman–Crippen MR) is 50.2 cm³/mol. The second-order valence-corrected chi connectivity index (χ2v) is 2.82. The van der Waals surface area contributed by atoms with E-state index in [0.29, 0.717) is 6.08 Å². The van der Waals surface area contributed by atoms with Crippen molar-refractivity contribution in [1.82, 2.24) is 0 Å². The summed E-state index contributed by atoms with van der Waals surface area (Å²) in [6.45, 7) is 0. The molecule has 0 fully saturated rings. The third kappa shape index (κ3) is 3.38. The van der Waals surface area contributed by atoms with Crippen molar-refractivity contribution >= 4 is 11.5 Å². The van der Waals surface area contributed by atoms with Gasteiger partial charge in [-0.15, -0.1) is 0 Å². The molecule has 0 aliphatic rings. The van der Waals surface area contributed by atoms with Crippen LogP contribution in [0.1, 0.15) is 0 Å². The normalized spacial score (nSPS) is 11.8. The molecule has 1 aromatic carbocycles. The van der Waals surface area contributed by atoms with Gasteiger partial charge in [-0.25, -0.2) is 4.39 Å². The molecule has 0 amide bonds. The van der Waals surface area contributed by atoms with Crippen LogP contribution in [-0.4, -0.2) is 12.0 Å². The molecule has 2 nitrogen and oxygen atoms in total. The Kier molecular flexibility index (Phi) is 3.65. The van der Waals surface area contributed by atoms with Gasteiger partial charge < -0.3 is 5.32 Å². The van der Waals surface area contributed by atoms with Crippen molar-refractivity contribution in [1.29, 1.82) is 0 Å². The molecule has 1 N–H and O–H groups in total. The molecule has 0 saturated heterocycles.